The van der Waals surface area contributed by atoms with Crippen LogP contribution in [0.1, 0.15) is 18.9 Å². The Balaban J connectivity index is 2.08. The van der Waals surface area contributed by atoms with Crippen molar-refractivity contribution in [1.29, 1.82) is 0 Å². The largest absolute Gasteiger partial charge is 0.497 e. The molecular weight excluding hydrogens is 226 g/mol. The molecule has 0 amide bonds. The molecule has 3 heteroatoms. The van der Waals surface area contributed by atoms with Gasteiger partial charge in [-0.25, -0.2) is 0 Å². The topological polar surface area (TPSA) is 38.3 Å². The van der Waals surface area contributed by atoms with Crippen LogP contribution in [0, 0.1) is 11.8 Å². The predicted octanol–water partition coefficient (Wildman–Crippen LogP) is 2.05. The number of benzene rings is 1. The molecule has 0 spiro atoms. The first kappa shape index (κ1) is 13.1. The molecule has 1 heterocycles. The maximum Gasteiger partial charge on any atom is 0.133 e. The van der Waals surface area contributed by atoms with Gasteiger partial charge in [-0.1, -0.05) is 12.1 Å². The van der Waals surface area contributed by atoms with Crippen LogP contribution in [-0.2, 0) is 11.2 Å². The molecule has 1 aliphatic rings. The lowest BCUT2D eigenvalue weighted by Gasteiger charge is -2.30. The van der Waals surface area contributed by atoms with Crippen molar-refractivity contribution in [1.82, 2.24) is 5.32 Å². The highest BCUT2D eigenvalue weighted by Crippen LogP contribution is 2.25. The normalized spacial score (nSPS) is 23.7. The molecule has 0 bridgehead atoms. The minimum absolute atomic E-state index is 0.206. The average molecular weight is 247 g/mol. The molecule has 1 unspecified atom stereocenters. The predicted molar refractivity (Wildman–Crippen MR) is 71.8 cm³/mol. The molecule has 0 aromatic heterocycles. The lowest BCUT2D eigenvalue weighted by molar-refractivity contribution is -0.123. The van der Waals surface area contributed by atoms with Gasteiger partial charge in [0.05, 0.1) is 7.11 Å². The Bertz CT molecular complexity index is 417. The van der Waals surface area contributed by atoms with Gasteiger partial charge in [-0.15, -0.1) is 0 Å². The zero-order valence-corrected chi connectivity index (χ0v) is 11.1. The van der Waals surface area contributed by atoms with Gasteiger partial charge in [-0.3, -0.25) is 4.79 Å². The highest BCUT2D eigenvalue weighted by Gasteiger charge is 2.28. The first-order valence-electron chi connectivity index (χ1n) is 6.55. The second kappa shape index (κ2) is 6.01. The number of ether oxygens (including phenoxy) is 1. The van der Waals surface area contributed by atoms with Crippen LogP contribution in [0.4, 0.5) is 0 Å². The Morgan fingerprint density at radius 2 is 2.33 bits per heavy atom. The third-order valence-electron chi connectivity index (χ3n) is 3.76. The van der Waals surface area contributed by atoms with Gasteiger partial charge in [0.2, 0.25) is 0 Å². The summed E-state index contributed by atoms with van der Waals surface area (Å²) in [5, 5.41) is 3.39. The highest BCUT2D eigenvalue weighted by molar-refractivity contribution is 5.78. The third kappa shape index (κ3) is 3.10. The first-order chi connectivity index (χ1) is 8.70. The van der Waals surface area contributed by atoms with E-state index in [1.807, 2.05) is 12.1 Å². The average Bonchev–Trinajstić information content (AvgIpc) is 2.39. The quantitative estimate of drug-likeness (QED) is 0.885. The Kier molecular flexibility index (Phi) is 4.37. The van der Waals surface area contributed by atoms with Gasteiger partial charge in [0, 0.05) is 5.92 Å². The minimum Gasteiger partial charge on any atom is -0.497 e. The summed E-state index contributed by atoms with van der Waals surface area (Å²) in [7, 11) is 1.68. The van der Waals surface area contributed by atoms with E-state index < -0.39 is 0 Å². The summed E-state index contributed by atoms with van der Waals surface area (Å²) < 4.78 is 5.24. The maximum atomic E-state index is 11.7. The van der Waals surface area contributed by atoms with Crippen molar-refractivity contribution >= 4 is 5.78 Å². The van der Waals surface area contributed by atoms with E-state index in [1.54, 1.807) is 14.0 Å². The standard InChI is InChI=1S/C15H21NO2/c1-11(17)15-6-7-16-10-13(15)8-12-4-3-5-14(9-12)18-2/h3-5,9,13,15-16H,6-8,10H2,1-2H3/t13?,15-/m1/s1. The van der Waals surface area contributed by atoms with E-state index in [0.717, 1.165) is 31.7 Å². The fourth-order valence-corrected chi connectivity index (χ4v) is 2.77. The van der Waals surface area contributed by atoms with E-state index in [9.17, 15) is 4.79 Å². The van der Waals surface area contributed by atoms with Crippen molar-refractivity contribution in [3.8, 4) is 5.75 Å². The number of nitrogens with one attached hydrogen (secondary N) is 1. The number of hydrogen-bond acceptors (Lipinski definition) is 3. The van der Waals surface area contributed by atoms with Crippen LogP contribution >= 0.6 is 0 Å². The second-order valence-corrected chi connectivity index (χ2v) is 5.03. The lowest BCUT2D eigenvalue weighted by Crippen LogP contribution is -2.40. The van der Waals surface area contributed by atoms with Crippen molar-refractivity contribution in [3.05, 3.63) is 29.8 Å². The molecule has 1 fully saturated rings. The minimum atomic E-state index is 0.206. The van der Waals surface area contributed by atoms with Crippen LogP contribution in [0.3, 0.4) is 0 Å². The Morgan fingerprint density at radius 3 is 3.06 bits per heavy atom. The number of ketones is 1. The van der Waals surface area contributed by atoms with Gasteiger partial charge >= 0.3 is 0 Å². The number of carbonyl (C=O) groups is 1. The van der Waals surface area contributed by atoms with E-state index in [4.69, 9.17) is 4.74 Å². The van der Waals surface area contributed by atoms with Crippen LogP contribution < -0.4 is 10.1 Å². The monoisotopic (exact) mass is 247 g/mol. The van der Waals surface area contributed by atoms with E-state index >= 15 is 0 Å². The van der Waals surface area contributed by atoms with Gasteiger partial charge in [0.15, 0.2) is 0 Å². The van der Waals surface area contributed by atoms with E-state index in [1.165, 1.54) is 5.56 Å². The summed E-state index contributed by atoms with van der Waals surface area (Å²) in [6.45, 7) is 3.61. The molecular formula is C15H21NO2. The third-order valence-corrected chi connectivity index (χ3v) is 3.76. The summed E-state index contributed by atoms with van der Waals surface area (Å²) in [6, 6.07) is 8.12. The summed E-state index contributed by atoms with van der Waals surface area (Å²) in [5.74, 6) is 1.82. The summed E-state index contributed by atoms with van der Waals surface area (Å²) in [5.41, 5.74) is 1.24. The maximum absolute atomic E-state index is 11.7. The molecule has 1 N–H and O–H groups in total. The van der Waals surface area contributed by atoms with E-state index in [-0.39, 0.29) is 5.92 Å². The number of methoxy groups -OCH3 is 1. The van der Waals surface area contributed by atoms with Crippen molar-refractivity contribution in [3.63, 3.8) is 0 Å². The van der Waals surface area contributed by atoms with Crippen LogP contribution in [0.2, 0.25) is 0 Å². The molecule has 2 rings (SSSR count). The van der Waals surface area contributed by atoms with Crippen molar-refractivity contribution in [2.75, 3.05) is 20.2 Å². The smallest absolute Gasteiger partial charge is 0.133 e. The molecule has 0 aliphatic carbocycles. The zero-order valence-electron chi connectivity index (χ0n) is 11.1. The van der Waals surface area contributed by atoms with Crippen LogP contribution in [0.15, 0.2) is 24.3 Å². The lowest BCUT2D eigenvalue weighted by atomic mass is 9.80. The van der Waals surface area contributed by atoms with Crippen LogP contribution in [0.5, 0.6) is 5.75 Å². The summed E-state index contributed by atoms with van der Waals surface area (Å²) in [4.78, 5) is 11.7. The van der Waals surface area contributed by atoms with Gasteiger partial charge in [-0.05, 0) is 56.5 Å². The number of Topliss-reactive ketones (excluding diaryl/α,β-unsaturated/α-hetero) is 1. The molecule has 1 saturated heterocycles. The molecule has 0 radical (unpaired) electrons. The molecule has 1 aromatic carbocycles. The summed E-state index contributed by atoms with van der Waals surface area (Å²) in [6.07, 6.45) is 1.90. The molecule has 0 saturated carbocycles. The van der Waals surface area contributed by atoms with Crippen molar-refractivity contribution in [2.45, 2.75) is 19.8 Å². The van der Waals surface area contributed by atoms with Gasteiger partial charge < -0.3 is 10.1 Å². The number of hydrogen-bond donors (Lipinski definition) is 1. The first-order valence-corrected chi connectivity index (χ1v) is 6.55. The van der Waals surface area contributed by atoms with Crippen molar-refractivity contribution < 1.29 is 9.53 Å². The highest BCUT2D eigenvalue weighted by atomic mass is 16.5. The van der Waals surface area contributed by atoms with Crippen LogP contribution in [0.25, 0.3) is 0 Å². The Hall–Kier alpha value is -1.35. The number of carbonyl (C=O) groups excluding carboxylic acids is 1. The van der Waals surface area contributed by atoms with Gasteiger partial charge in [0.1, 0.15) is 11.5 Å². The second-order valence-electron chi connectivity index (χ2n) is 5.03. The number of piperidine rings is 1. The molecule has 2 atom stereocenters. The zero-order chi connectivity index (χ0) is 13.0. The fraction of sp³-hybridized carbons (Fsp3) is 0.533. The van der Waals surface area contributed by atoms with Gasteiger partial charge in [-0.2, -0.15) is 0 Å². The van der Waals surface area contributed by atoms with E-state index in [0.29, 0.717) is 11.7 Å². The summed E-state index contributed by atoms with van der Waals surface area (Å²) >= 11 is 0. The Morgan fingerprint density at radius 1 is 1.50 bits per heavy atom. The fourth-order valence-electron chi connectivity index (χ4n) is 2.77. The SMILES string of the molecule is COc1cccc(CC2CNCC[C@@H]2C(C)=O)c1. The molecule has 3 nitrogen and oxygen atoms in total. The van der Waals surface area contributed by atoms with Gasteiger partial charge in [0.25, 0.3) is 0 Å². The molecule has 18 heavy (non-hydrogen) atoms. The van der Waals surface area contributed by atoms with E-state index in [2.05, 4.69) is 17.4 Å². The molecule has 98 valence electrons. The molecule has 1 aliphatic heterocycles. The van der Waals surface area contributed by atoms with Crippen molar-refractivity contribution in [2.24, 2.45) is 11.8 Å². The molecule has 1 aromatic rings. The number of rotatable bonds is 4. The Labute approximate surface area is 109 Å². The van der Waals surface area contributed by atoms with Crippen LogP contribution in [-0.4, -0.2) is 26.0 Å².